The van der Waals surface area contributed by atoms with Crippen molar-refractivity contribution in [1.29, 1.82) is 0 Å². The fourth-order valence-corrected chi connectivity index (χ4v) is 2.10. The summed E-state index contributed by atoms with van der Waals surface area (Å²) in [6.07, 6.45) is 0.306. The number of ketones is 1. The summed E-state index contributed by atoms with van der Waals surface area (Å²) < 4.78 is 5.04. The molecule has 0 bridgehead atoms. The zero-order valence-electron chi connectivity index (χ0n) is 11.2. The molecule has 1 aliphatic rings. The summed E-state index contributed by atoms with van der Waals surface area (Å²) in [4.78, 5) is 23.4. The van der Waals surface area contributed by atoms with E-state index < -0.39 is 23.9 Å². The van der Waals surface area contributed by atoms with Gasteiger partial charge in [0.25, 0.3) is 0 Å². The van der Waals surface area contributed by atoms with Crippen molar-refractivity contribution < 1.29 is 19.4 Å². The molecule has 5 nitrogen and oxygen atoms in total. The van der Waals surface area contributed by atoms with Crippen LogP contribution in [0.4, 0.5) is 0 Å². The van der Waals surface area contributed by atoms with Gasteiger partial charge in [-0.2, -0.15) is 0 Å². The van der Waals surface area contributed by atoms with Crippen molar-refractivity contribution in [3.05, 3.63) is 47.2 Å². The standard InChI is InChI=1S/C15H17NO4/c1-9(16)13(17)12-14(18)11(20-15(12)19)8-7-10-5-3-2-4-6-10/h2-6,9,11,18H,7-8,16H2,1H3/t9-,11+/m1/s1. The third-order valence-corrected chi connectivity index (χ3v) is 3.21. The fourth-order valence-electron chi connectivity index (χ4n) is 2.10. The van der Waals surface area contributed by atoms with Crippen molar-refractivity contribution in [3.8, 4) is 0 Å². The highest BCUT2D eigenvalue weighted by molar-refractivity contribution is 6.20. The molecule has 2 atom stereocenters. The number of esters is 1. The number of Topliss-reactive ketones (excluding diaryl/α,β-unsaturated/α-hetero) is 1. The molecule has 0 saturated heterocycles. The molecular weight excluding hydrogens is 258 g/mol. The number of hydrogen-bond donors (Lipinski definition) is 2. The second kappa shape index (κ2) is 5.88. The third-order valence-electron chi connectivity index (χ3n) is 3.21. The van der Waals surface area contributed by atoms with Crippen LogP contribution < -0.4 is 5.73 Å². The number of cyclic esters (lactones) is 1. The smallest absolute Gasteiger partial charge is 0.346 e. The van der Waals surface area contributed by atoms with Crippen LogP contribution >= 0.6 is 0 Å². The Morgan fingerprint density at radius 1 is 1.40 bits per heavy atom. The van der Waals surface area contributed by atoms with Crippen molar-refractivity contribution in [2.75, 3.05) is 0 Å². The Balaban J connectivity index is 2.07. The molecule has 2 rings (SSSR count). The molecule has 0 aliphatic carbocycles. The number of hydrogen-bond acceptors (Lipinski definition) is 5. The quantitative estimate of drug-likeness (QED) is 0.624. The summed E-state index contributed by atoms with van der Waals surface area (Å²) in [7, 11) is 0. The van der Waals surface area contributed by atoms with E-state index >= 15 is 0 Å². The molecule has 0 spiro atoms. The number of aryl methyl sites for hydroxylation is 1. The maximum absolute atomic E-state index is 11.7. The molecule has 0 aromatic heterocycles. The van der Waals surface area contributed by atoms with Gasteiger partial charge in [0.2, 0.25) is 0 Å². The summed E-state index contributed by atoms with van der Waals surface area (Å²) in [5.41, 5.74) is 6.21. The van der Waals surface area contributed by atoms with E-state index in [1.807, 2.05) is 30.3 Å². The van der Waals surface area contributed by atoms with Gasteiger partial charge in [0.15, 0.2) is 17.6 Å². The van der Waals surface area contributed by atoms with Gasteiger partial charge in [-0.25, -0.2) is 4.79 Å². The number of aliphatic hydroxyl groups is 1. The van der Waals surface area contributed by atoms with Gasteiger partial charge < -0.3 is 15.6 Å². The lowest BCUT2D eigenvalue weighted by atomic mass is 10.0. The lowest BCUT2D eigenvalue weighted by molar-refractivity contribution is -0.141. The predicted molar refractivity (Wildman–Crippen MR) is 73.0 cm³/mol. The molecule has 1 aromatic rings. The van der Waals surface area contributed by atoms with Gasteiger partial charge in [0.1, 0.15) is 5.57 Å². The molecule has 1 aromatic carbocycles. The third kappa shape index (κ3) is 2.88. The summed E-state index contributed by atoms with van der Waals surface area (Å²) in [6, 6.07) is 8.80. The van der Waals surface area contributed by atoms with Gasteiger partial charge in [-0.15, -0.1) is 0 Å². The van der Waals surface area contributed by atoms with Crippen molar-refractivity contribution in [3.63, 3.8) is 0 Å². The first-order valence-electron chi connectivity index (χ1n) is 6.48. The summed E-state index contributed by atoms with van der Waals surface area (Å²) >= 11 is 0. The minimum absolute atomic E-state index is 0.298. The van der Waals surface area contributed by atoms with Crippen LogP contribution in [0.1, 0.15) is 18.9 Å². The highest BCUT2D eigenvalue weighted by Gasteiger charge is 2.38. The van der Waals surface area contributed by atoms with Gasteiger partial charge in [-0.3, -0.25) is 4.79 Å². The predicted octanol–water partition coefficient (Wildman–Crippen LogP) is 1.27. The van der Waals surface area contributed by atoms with Gasteiger partial charge in [0.05, 0.1) is 6.04 Å². The molecule has 0 radical (unpaired) electrons. The molecule has 1 heterocycles. The van der Waals surface area contributed by atoms with Gasteiger partial charge in [0, 0.05) is 0 Å². The molecule has 0 fully saturated rings. The second-order valence-electron chi connectivity index (χ2n) is 4.83. The molecule has 0 unspecified atom stereocenters. The Labute approximate surface area is 117 Å². The summed E-state index contributed by atoms with van der Waals surface area (Å²) in [5.74, 6) is -1.68. The lowest BCUT2D eigenvalue weighted by Crippen LogP contribution is -2.30. The average molecular weight is 275 g/mol. The molecule has 0 saturated carbocycles. The zero-order chi connectivity index (χ0) is 14.7. The van der Waals surface area contributed by atoms with E-state index in [1.165, 1.54) is 6.92 Å². The number of ether oxygens (including phenoxy) is 1. The largest absolute Gasteiger partial charge is 0.507 e. The van der Waals surface area contributed by atoms with Crippen molar-refractivity contribution in [2.24, 2.45) is 5.73 Å². The monoisotopic (exact) mass is 275 g/mol. The molecule has 1 aliphatic heterocycles. The van der Waals surface area contributed by atoms with Crippen molar-refractivity contribution in [1.82, 2.24) is 0 Å². The first kappa shape index (κ1) is 14.3. The highest BCUT2D eigenvalue weighted by atomic mass is 16.6. The van der Waals surface area contributed by atoms with Crippen LogP contribution in [0.5, 0.6) is 0 Å². The Bertz CT molecular complexity index is 548. The van der Waals surface area contributed by atoms with E-state index in [-0.39, 0.29) is 11.3 Å². The summed E-state index contributed by atoms with van der Waals surface area (Å²) in [6.45, 7) is 1.47. The second-order valence-corrected chi connectivity index (χ2v) is 4.83. The zero-order valence-corrected chi connectivity index (χ0v) is 11.2. The van der Waals surface area contributed by atoms with Crippen LogP contribution in [0, 0.1) is 0 Å². The number of nitrogens with two attached hydrogens (primary N) is 1. The molecule has 5 heteroatoms. The maximum atomic E-state index is 11.7. The number of carbonyl (C=O) groups excluding carboxylic acids is 2. The van der Waals surface area contributed by atoms with E-state index in [9.17, 15) is 14.7 Å². The number of benzene rings is 1. The van der Waals surface area contributed by atoms with Crippen LogP contribution in [0.25, 0.3) is 0 Å². The SMILES string of the molecule is C[C@@H](N)C(=O)C1=C(O)[C@H](CCc2ccccc2)OC1=O. The van der Waals surface area contributed by atoms with Crippen LogP contribution in [0.3, 0.4) is 0 Å². The van der Waals surface area contributed by atoms with E-state index in [0.29, 0.717) is 12.8 Å². The lowest BCUT2D eigenvalue weighted by Gasteiger charge is -2.09. The van der Waals surface area contributed by atoms with Crippen LogP contribution in [-0.2, 0) is 20.7 Å². The summed E-state index contributed by atoms with van der Waals surface area (Å²) in [5, 5.41) is 9.97. The Morgan fingerprint density at radius 2 is 2.05 bits per heavy atom. The van der Waals surface area contributed by atoms with Gasteiger partial charge in [-0.05, 0) is 25.3 Å². The Kier molecular flexibility index (Phi) is 4.20. The average Bonchev–Trinajstić information content (AvgIpc) is 2.71. The van der Waals surface area contributed by atoms with E-state index in [4.69, 9.17) is 10.5 Å². The van der Waals surface area contributed by atoms with Crippen LogP contribution in [0.2, 0.25) is 0 Å². The minimum atomic E-state index is -0.840. The van der Waals surface area contributed by atoms with Crippen LogP contribution in [-0.4, -0.2) is 29.0 Å². The van der Waals surface area contributed by atoms with E-state index in [0.717, 1.165) is 5.56 Å². The highest BCUT2D eigenvalue weighted by Crippen LogP contribution is 2.25. The molecule has 3 N–H and O–H groups in total. The Hall–Kier alpha value is -2.14. The number of rotatable bonds is 5. The molecule has 0 amide bonds. The number of aliphatic hydroxyl groups excluding tert-OH is 1. The van der Waals surface area contributed by atoms with Crippen molar-refractivity contribution >= 4 is 11.8 Å². The minimum Gasteiger partial charge on any atom is -0.507 e. The van der Waals surface area contributed by atoms with Crippen molar-refractivity contribution in [2.45, 2.75) is 31.9 Å². The topological polar surface area (TPSA) is 89.6 Å². The van der Waals surface area contributed by atoms with E-state index in [1.54, 1.807) is 0 Å². The normalized spacial score (nSPS) is 19.9. The fraction of sp³-hybridized carbons (Fsp3) is 0.333. The molecule has 106 valence electrons. The molecule has 20 heavy (non-hydrogen) atoms. The van der Waals surface area contributed by atoms with Crippen LogP contribution in [0.15, 0.2) is 41.7 Å². The number of carbonyl (C=O) groups is 2. The first-order chi connectivity index (χ1) is 9.50. The molecular formula is C15H17NO4. The van der Waals surface area contributed by atoms with Gasteiger partial charge >= 0.3 is 5.97 Å². The van der Waals surface area contributed by atoms with E-state index in [2.05, 4.69) is 0 Å². The first-order valence-corrected chi connectivity index (χ1v) is 6.48. The Morgan fingerprint density at radius 3 is 2.65 bits per heavy atom. The maximum Gasteiger partial charge on any atom is 0.346 e. The van der Waals surface area contributed by atoms with Gasteiger partial charge in [-0.1, -0.05) is 30.3 Å².